The number of carbonyl (C=O) groups excluding carboxylic acids is 1. The van der Waals surface area contributed by atoms with Crippen molar-refractivity contribution in [3.05, 3.63) is 0 Å². The molecule has 0 spiro atoms. The molecule has 0 radical (unpaired) electrons. The monoisotopic (exact) mass is 341 g/mol. The van der Waals surface area contributed by atoms with Crippen molar-refractivity contribution in [2.45, 2.75) is 96.8 Å². The molecule has 0 bridgehead atoms. The van der Waals surface area contributed by atoms with E-state index in [0.717, 1.165) is 30.3 Å². The van der Waals surface area contributed by atoms with Gasteiger partial charge in [-0.1, -0.05) is 64.7 Å². The van der Waals surface area contributed by atoms with Crippen molar-refractivity contribution in [2.75, 3.05) is 34.2 Å². The number of carbonyl (C=O) groups is 1. The topological polar surface area (TPSA) is 29.1 Å². The van der Waals surface area contributed by atoms with Crippen LogP contribution >= 0.6 is 0 Å². The number of rotatable bonds is 17. The molecule has 0 saturated heterocycles. The first-order valence-electron chi connectivity index (χ1n) is 10.5. The quantitative estimate of drug-likeness (QED) is 0.283. The van der Waals surface area contributed by atoms with E-state index in [1.165, 1.54) is 77.2 Å². The molecule has 24 heavy (non-hydrogen) atoms. The Morgan fingerprint density at radius 2 is 1.21 bits per heavy atom. The average molecular weight is 342 g/mol. The molecule has 144 valence electrons. The molecule has 0 aliphatic heterocycles. The van der Waals surface area contributed by atoms with Crippen molar-refractivity contribution in [3.8, 4) is 0 Å². The van der Waals surface area contributed by atoms with Crippen LogP contribution in [0, 0.1) is 0 Å². The highest BCUT2D eigenvalue weighted by atomic mass is 16.1. The molecule has 3 nitrogen and oxygen atoms in total. The lowest BCUT2D eigenvalue weighted by Gasteiger charge is -2.23. The second kappa shape index (κ2) is 15.9. The van der Waals surface area contributed by atoms with E-state index in [1.54, 1.807) is 0 Å². The van der Waals surface area contributed by atoms with Crippen LogP contribution in [0.3, 0.4) is 0 Å². The highest BCUT2D eigenvalue weighted by Gasteiger charge is 2.05. The Morgan fingerprint density at radius 1 is 0.708 bits per heavy atom. The maximum atomic E-state index is 11.8. The average Bonchev–Trinajstić information content (AvgIpc) is 2.51. The molecule has 1 N–H and O–H groups in total. The third-order valence-corrected chi connectivity index (χ3v) is 4.59. The summed E-state index contributed by atoms with van der Waals surface area (Å²) in [5.41, 5.74) is 0. The van der Waals surface area contributed by atoms with E-state index in [4.69, 9.17) is 0 Å². The summed E-state index contributed by atoms with van der Waals surface area (Å²) < 4.78 is 1.05. The van der Waals surface area contributed by atoms with Crippen molar-refractivity contribution in [1.82, 2.24) is 5.32 Å². The van der Waals surface area contributed by atoms with E-state index < -0.39 is 0 Å². The van der Waals surface area contributed by atoms with E-state index in [-0.39, 0.29) is 5.91 Å². The van der Waals surface area contributed by atoms with E-state index in [9.17, 15) is 4.79 Å². The van der Waals surface area contributed by atoms with Crippen molar-refractivity contribution in [2.24, 2.45) is 0 Å². The Bertz CT molecular complexity index is 284. The van der Waals surface area contributed by atoms with Crippen LogP contribution in [-0.2, 0) is 4.79 Å². The minimum atomic E-state index is 0.254. The number of hydrogen-bond donors (Lipinski definition) is 1. The van der Waals surface area contributed by atoms with Gasteiger partial charge in [-0.3, -0.25) is 4.79 Å². The zero-order valence-corrected chi connectivity index (χ0v) is 17.2. The normalized spacial score (nSPS) is 11.7. The smallest absolute Gasteiger partial charge is 0.219 e. The number of amides is 1. The molecule has 0 saturated carbocycles. The standard InChI is InChI=1S/C21H44N2O/c1-5-6-7-8-9-10-11-12-15-18-21(24)22-19-16-13-14-17-20-23(2,3)4/h5-20H2,1-4H3/p+1. The summed E-state index contributed by atoms with van der Waals surface area (Å²) in [6.07, 6.45) is 17.4. The van der Waals surface area contributed by atoms with Gasteiger partial charge in [0.15, 0.2) is 0 Å². The Kier molecular flexibility index (Phi) is 15.6. The summed E-state index contributed by atoms with van der Waals surface area (Å²) in [5, 5.41) is 3.07. The van der Waals surface area contributed by atoms with Crippen LogP contribution in [0.2, 0.25) is 0 Å². The summed E-state index contributed by atoms with van der Waals surface area (Å²) >= 11 is 0. The lowest BCUT2D eigenvalue weighted by atomic mass is 10.1. The fourth-order valence-corrected chi connectivity index (χ4v) is 2.98. The molecule has 0 aromatic heterocycles. The van der Waals surface area contributed by atoms with Gasteiger partial charge in [0.1, 0.15) is 0 Å². The van der Waals surface area contributed by atoms with Crippen LogP contribution in [-0.4, -0.2) is 44.6 Å². The predicted octanol–water partition coefficient (Wildman–Crippen LogP) is 5.29. The highest BCUT2D eigenvalue weighted by Crippen LogP contribution is 2.10. The van der Waals surface area contributed by atoms with Gasteiger partial charge in [-0.25, -0.2) is 0 Å². The first-order chi connectivity index (χ1) is 11.5. The van der Waals surface area contributed by atoms with Gasteiger partial charge in [-0.05, 0) is 25.7 Å². The molecular weight excluding hydrogens is 296 g/mol. The zero-order chi connectivity index (χ0) is 18.1. The number of unbranched alkanes of at least 4 members (excludes halogenated alkanes) is 11. The van der Waals surface area contributed by atoms with Crippen LogP contribution < -0.4 is 5.32 Å². The second-order valence-electron chi connectivity index (χ2n) is 8.36. The van der Waals surface area contributed by atoms with Crippen molar-refractivity contribution in [1.29, 1.82) is 0 Å². The van der Waals surface area contributed by atoms with Gasteiger partial charge in [-0.2, -0.15) is 0 Å². The fraction of sp³-hybridized carbons (Fsp3) is 0.952. The van der Waals surface area contributed by atoms with Crippen LogP contribution in [0.4, 0.5) is 0 Å². The first-order valence-corrected chi connectivity index (χ1v) is 10.5. The van der Waals surface area contributed by atoms with Crippen molar-refractivity contribution < 1.29 is 9.28 Å². The third-order valence-electron chi connectivity index (χ3n) is 4.59. The number of nitrogens with zero attached hydrogens (tertiary/aromatic N) is 1. The van der Waals surface area contributed by atoms with E-state index in [2.05, 4.69) is 33.4 Å². The Hall–Kier alpha value is -0.570. The highest BCUT2D eigenvalue weighted by molar-refractivity contribution is 5.75. The maximum Gasteiger partial charge on any atom is 0.219 e. The molecule has 1 amide bonds. The Morgan fingerprint density at radius 3 is 1.79 bits per heavy atom. The van der Waals surface area contributed by atoms with Crippen molar-refractivity contribution >= 4 is 5.91 Å². The van der Waals surface area contributed by atoms with E-state index in [0.29, 0.717) is 0 Å². The maximum absolute atomic E-state index is 11.8. The molecule has 0 aliphatic carbocycles. The molecule has 0 heterocycles. The number of hydrogen-bond acceptors (Lipinski definition) is 1. The fourth-order valence-electron chi connectivity index (χ4n) is 2.98. The zero-order valence-electron chi connectivity index (χ0n) is 17.2. The molecule has 0 unspecified atom stereocenters. The molecular formula is C21H45N2O+. The van der Waals surface area contributed by atoms with Gasteiger partial charge in [0.2, 0.25) is 5.91 Å². The molecule has 0 rings (SSSR count). The summed E-state index contributed by atoms with van der Waals surface area (Å²) in [4.78, 5) is 11.8. The summed E-state index contributed by atoms with van der Waals surface area (Å²) in [6, 6.07) is 0. The Balaban J connectivity index is 3.21. The molecule has 0 aromatic carbocycles. The summed E-state index contributed by atoms with van der Waals surface area (Å²) in [7, 11) is 6.73. The number of nitrogens with one attached hydrogen (secondary N) is 1. The van der Waals surface area contributed by atoms with Gasteiger partial charge >= 0.3 is 0 Å². The number of quaternary nitrogens is 1. The largest absolute Gasteiger partial charge is 0.356 e. The minimum Gasteiger partial charge on any atom is -0.356 e. The first kappa shape index (κ1) is 23.4. The van der Waals surface area contributed by atoms with Gasteiger partial charge in [0, 0.05) is 13.0 Å². The predicted molar refractivity (Wildman–Crippen MR) is 106 cm³/mol. The summed E-state index contributed by atoms with van der Waals surface area (Å²) in [6.45, 7) is 4.36. The van der Waals surface area contributed by atoms with Crippen LogP contribution in [0.25, 0.3) is 0 Å². The molecule has 0 fully saturated rings. The molecule has 0 atom stereocenters. The van der Waals surface area contributed by atoms with Gasteiger partial charge in [0.25, 0.3) is 0 Å². The van der Waals surface area contributed by atoms with Gasteiger partial charge in [0.05, 0.1) is 27.7 Å². The lowest BCUT2D eigenvalue weighted by molar-refractivity contribution is -0.870. The van der Waals surface area contributed by atoms with Crippen LogP contribution in [0.15, 0.2) is 0 Å². The van der Waals surface area contributed by atoms with E-state index in [1.807, 2.05) is 0 Å². The Labute approximate surface area is 152 Å². The second-order valence-corrected chi connectivity index (χ2v) is 8.36. The lowest BCUT2D eigenvalue weighted by Crippen LogP contribution is -2.35. The minimum absolute atomic E-state index is 0.254. The molecule has 0 aromatic rings. The van der Waals surface area contributed by atoms with Gasteiger partial charge in [-0.15, -0.1) is 0 Å². The molecule has 0 aliphatic rings. The van der Waals surface area contributed by atoms with E-state index >= 15 is 0 Å². The van der Waals surface area contributed by atoms with Gasteiger partial charge < -0.3 is 9.80 Å². The SMILES string of the molecule is CCCCCCCCCCCC(=O)NCCCCCC[N+](C)(C)C. The van der Waals surface area contributed by atoms with Crippen LogP contribution in [0.5, 0.6) is 0 Å². The molecule has 3 heteroatoms. The third kappa shape index (κ3) is 19.5. The van der Waals surface area contributed by atoms with Crippen molar-refractivity contribution in [3.63, 3.8) is 0 Å². The summed E-state index contributed by atoms with van der Waals surface area (Å²) in [5.74, 6) is 0.254. The van der Waals surface area contributed by atoms with Crippen LogP contribution in [0.1, 0.15) is 96.8 Å².